The molecule has 0 bridgehead atoms. The highest BCUT2D eigenvalue weighted by molar-refractivity contribution is 5.87. The topological polar surface area (TPSA) is 52.6 Å². The number of ether oxygens (including phenoxy) is 2. The first-order valence-electron chi connectivity index (χ1n) is 5.62. The van der Waals surface area contributed by atoms with Gasteiger partial charge >= 0.3 is 11.9 Å². The van der Waals surface area contributed by atoms with Crippen molar-refractivity contribution in [1.29, 1.82) is 0 Å². The maximum atomic E-state index is 11.6. The lowest BCUT2D eigenvalue weighted by Gasteiger charge is -2.32. The minimum Gasteiger partial charge on any atom is -0.469 e. The van der Waals surface area contributed by atoms with Gasteiger partial charge in [0.05, 0.1) is 13.5 Å². The SMILES string of the molecule is C=C(C)C(=O)OC1(CC(=O)OC)C=CCCC1. The summed E-state index contributed by atoms with van der Waals surface area (Å²) in [5.74, 6) is -0.855. The van der Waals surface area contributed by atoms with E-state index in [1.54, 1.807) is 13.0 Å². The molecule has 1 rings (SSSR count). The van der Waals surface area contributed by atoms with Crippen molar-refractivity contribution in [2.24, 2.45) is 0 Å². The number of allylic oxidation sites excluding steroid dienone is 1. The molecule has 1 atom stereocenters. The van der Waals surface area contributed by atoms with Crippen LogP contribution >= 0.6 is 0 Å². The van der Waals surface area contributed by atoms with Crippen molar-refractivity contribution >= 4 is 11.9 Å². The molecule has 0 aromatic carbocycles. The Labute approximate surface area is 101 Å². The Kier molecular flexibility index (Phi) is 4.49. The van der Waals surface area contributed by atoms with Crippen molar-refractivity contribution in [3.63, 3.8) is 0 Å². The van der Waals surface area contributed by atoms with Crippen LogP contribution in [-0.2, 0) is 19.1 Å². The zero-order chi connectivity index (χ0) is 12.9. The van der Waals surface area contributed by atoms with Crippen molar-refractivity contribution in [1.82, 2.24) is 0 Å². The van der Waals surface area contributed by atoms with Crippen molar-refractivity contribution in [3.05, 3.63) is 24.3 Å². The molecule has 0 amide bonds. The van der Waals surface area contributed by atoms with Crippen LogP contribution in [-0.4, -0.2) is 24.6 Å². The summed E-state index contributed by atoms with van der Waals surface area (Å²) in [7, 11) is 1.32. The second-order valence-electron chi connectivity index (χ2n) is 4.28. The van der Waals surface area contributed by atoms with E-state index in [2.05, 4.69) is 11.3 Å². The third-order valence-electron chi connectivity index (χ3n) is 2.71. The first-order valence-corrected chi connectivity index (χ1v) is 5.62. The molecule has 0 aromatic rings. The van der Waals surface area contributed by atoms with Crippen LogP contribution in [0.3, 0.4) is 0 Å². The molecule has 0 saturated carbocycles. The van der Waals surface area contributed by atoms with Gasteiger partial charge in [0, 0.05) is 5.57 Å². The van der Waals surface area contributed by atoms with Gasteiger partial charge in [-0.1, -0.05) is 12.7 Å². The summed E-state index contributed by atoms with van der Waals surface area (Å²) < 4.78 is 10.0. The molecule has 0 aliphatic heterocycles. The van der Waals surface area contributed by atoms with Crippen molar-refractivity contribution in [2.45, 2.75) is 38.2 Å². The maximum Gasteiger partial charge on any atom is 0.333 e. The molecule has 4 heteroatoms. The Balaban J connectivity index is 2.82. The van der Waals surface area contributed by atoms with Crippen molar-refractivity contribution in [3.8, 4) is 0 Å². The summed E-state index contributed by atoms with van der Waals surface area (Å²) in [6, 6.07) is 0. The van der Waals surface area contributed by atoms with Crippen molar-refractivity contribution < 1.29 is 19.1 Å². The van der Waals surface area contributed by atoms with Crippen LogP contribution in [0, 0.1) is 0 Å². The monoisotopic (exact) mass is 238 g/mol. The molecule has 0 saturated heterocycles. The van der Waals surface area contributed by atoms with E-state index in [4.69, 9.17) is 4.74 Å². The number of rotatable bonds is 4. The van der Waals surface area contributed by atoms with E-state index in [1.165, 1.54) is 7.11 Å². The summed E-state index contributed by atoms with van der Waals surface area (Å²) in [6.07, 6.45) is 6.23. The van der Waals surface area contributed by atoms with Gasteiger partial charge in [-0.2, -0.15) is 0 Å². The van der Waals surface area contributed by atoms with Crippen LogP contribution in [0.2, 0.25) is 0 Å². The van der Waals surface area contributed by atoms with Gasteiger partial charge in [0.2, 0.25) is 0 Å². The number of esters is 2. The molecule has 1 aliphatic carbocycles. The summed E-state index contributed by atoms with van der Waals surface area (Å²) in [5, 5.41) is 0. The average Bonchev–Trinajstić information content (AvgIpc) is 2.29. The molecule has 17 heavy (non-hydrogen) atoms. The Hall–Kier alpha value is -1.58. The third-order valence-corrected chi connectivity index (χ3v) is 2.71. The van der Waals surface area contributed by atoms with Crippen LogP contribution in [0.15, 0.2) is 24.3 Å². The molecule has 1 unspecified atom stereocenters. The fraction of sp³-hybridized carbons (Fsp3) is 0.538. The lowest BCUT2D eigenvalue weighted by atomic mass is 9.88. The molecular weight excluding hydrogens is 220 g/mol. The first kappa shape index (κ1) is 13.5. The normalized spacial score (nSPS) is 22.9. The van der Waals surface area contributed by atoms with E-state index in [-0.39, 0.29) is 12.4 Å². The van der Waals surface area contributed by atoms with Crippen LogP contribution in [0.4, 0.5) is 0 Å². The summed E-state index contributed by atoms with van der Waals surface area (Å²) >= 11 is 0. The van der Waals surface area contributed by atoms with Gasteiger partial charge in [-0.15, -0.1) is 0 Å². The second kappa shape index (κ2) is 5.66. The maximum absolute atomic E-state index is 11.6. The first-order chi connectivity index (χ1) is 7.99. The number of carbonyl (C=O) groups excluding carboxylic acids is 2. The lowest BCUT2D eigenvalue weighted by Crippen LogP contribution is -2.37. The highest BCUT2D eigenvalue weighted by Crippen LogP contribution is 2.30. The molecule has 94 valence electrons. The fourth-order valence-electron chi connectivity index (χ4n) is 1.76. The van der Waals surface area contributed by atoms with Gasteiger partial charge in [-0.3, -0.25) is 4.79 Å². The van der Waals surface area contributed by atoms with Gasteiger partial charge in [-0.25, -0.2) is 4.79 Å². The number of hydrogen-bond donors (Lipinski definition) is 0. The average molecular weight is 238 g/mol. The predicted molar refractivity (Wildman–Crippen MR) is 63.3 cm³/mol. The summed E-state index contributed by atoms with van der Waals surface area (Å²) in [4.78, 5) is 22.9. The second-order valence-corrected chi connectivity index (χ2v) is 4.28. The van der Waals surface area contributed by atoms with Crippen LogP contribution in [0.1, 0.15) is 32.6 Å². The van der Waals surface area contributed by atoms with Gasteiger partial charge in [0.1, 0.15) is 5.60 Å². The summed E-state index contributed by atoms with van der Waals surface area (Å²) in [5.41, 5.74) is -0.533. The Morgan fingerprint density at radius 1 is 1.47 bits per heavy atom. The molecular formula is C13H18O4. The molecule has 0 spiro atoms. The molecule has 0 N–H and O–H groups in total. The van der Waals surface area contributed by atoms with E-state index in [1.807, 2.05) is 6.08 Å². The van der Waals surface area contributed by atoms with Crippen molar-refractivity contribution in [2.75, 3.05) is 7.11 Å². The Morgan fingerprint density at radius 2 is 2.18 bits per heavy atom. The molecule has 0 heterocycles. The van der Waals surface area contributed by atoms with E-state index < -0.39 is 11.6 Å². The van der Waals surface area contributed by atoms with Crippen LogP contribution in [0.25, 0.3) is 0 Å². The highest BCUT2D eigenvalue weighted by Gasteiger charge is 2.35. The zero-order valence-electron chi connectivity index (χ0n) is 10.3. The minimum atomic E-state index is -0.860. The summed E-state index contributed by atoms with van der Waals surface area (Å²) in [6.45, 7) is 5.12. The smallest absolute Gasteiger partial charge is 0.333 e. The van der Waals surface area contributed by atoms with E-state index in [0.717, 1.165) is 12.8 Å². The number of methoxy groups -OCH3 is 1. The van der Waals surface area contributed by atoms with E-state index >= 15 is 0 Å². The predicted octanol–water partition coefficient (Wildman–Crippen LogP) is 2.15. The Bertz CT molecular complexity index is 356. The largest absolute Gasteiger partial charge is 0.469 e. The standard InChI is InChI=1S/C13H18O4/c1-10(2)12(15)17-13(9-11(14)16-3)7-5-4-6-8-13/h5,7H,1,4,6,8-9H2,2-3H3. The molecule has 0 fully saturated rings. The lowest BCUT2D eigenvalue weighted by molar-refractivity contribution is -0.158. The molecule has 0 aromatic heterocycles. The molecule has 1 aliphatic rings. The third kappa shape index (κ3) is 3.73. The van der Waals surface area contributed by atoms with Gasteiger partial charge in [-0.05, 0) is 32.3 Å². The van der Waals surface area contributed by atoms with E-state index in [9.17, 15) is 9.59 Å². The minimum absolute atomic E-state index is 0.0546. The number of hydrogen-bond acceptors (Lipinski definition) is 4. The number of carbonyl (C=O) groups is 2. The highest BCUT2D eigenvalue weighted by atomic mass is 16.6. The van der Waals surface area contributed by atoms with Gasteiger partial charge in [0.25, 0.3) is 0 Å². The van der Waals surface area contributed by atoms with Gasteiger partial charge < -0.3 is 9.47 Å². The van der Waals surface area contributed by atoms with Crippen LogP contribution in [0.5, 0.6) is 0 Å². The molecule has 4 nitrogen and oxygen atoms in total. The Morgan fingerprint density at radius 3 is 2.65 bits per heavy atom. The fourth-order valence-corrected chi connectivity index (χ4v) is 1.76. The van der Waals surface area contributed by atoms with Crippen LogP contribution < -0.4 is 0 Å². The van der Waals surface area contributed by atoms with E-state index in [0.29, 0.717) is 12.0 Å². The quantitative estimate of drug-likeness (QED) is 0.428. The molecule has 0 radical (unpaired) electrons. The zero-order valence-corrected chi connectivity index (χ0v) is 10.3. The van der Waals surface area contributed by atoms with Gasteiger partial charge in [0.15, 0.2) is 0 Å².